The average molecular weight is 339 g/mol. The van der Waals surface area contributed by atoms with Crippen molar-refractivity contribution in [3.05, 3.63) is 64.7 Å². The van der Waals surface area contributed by atoms with Gasteiger partial charge in [0.15, 0.2) is 0 Å². The van der Waals surface area contributed by atoms with Gasteiger partial charge in [-0.3, -0.25) is 9.69 Å². The highest BCUT2D eigenvalue weighted by Gasteiger charge is 2.18. The van der Waals surface area contributed by atoms with Crippen molar-refractivity contribution in [2.45, 2.75) is 6.67 Å². The number of nitrogens with zero attached hydrogens (tertiary/aromatic N) is 5. The lowest BCUT2D eigenvalue weighted by Gasteiger charge is -2.35. The minimum absolute atomic E-state index is 0.119. The summed E-state index contributed by atoms with van der Waals surface area (Å²) in [5.41, 5.74) is 1.51. The molecule has 3 aromatic rings. The summed E-state index contributed by atoms with van der Waals surface area (Å²) >= 11 is 0. The van der Waals surface area contributed by atoms with E-state index in [-0.39, 0.29) is 11.4 Å². The van der Waals surface area contributed by atoms with E-state index in [4.69, 9.17) is 0 Å². The van der Waals surface area contributed by atoms with Crippen molar-refractivity contribution >= 4 is 16.6 Å². The van der Waals surface area contributed by atoms with Gasteiger partial charge in [0.1, 0.15) is 11.3 Å². The molecule has 0 aliphatic carbocycles. The molecule has 128 valence electrons. The summed E-state index contributed by atoms with van der Waals surface area (Å²) in [6.07, 6.45) is 0. The van der Waals surface area contributed by atoms with Gasteiger partial charge in [0, 0.05) is 31.9 Å². The largest absolute Gasteiger partial charge is 0.369 e. The zero-order chi connectivity index (χ0) is 17.2. The molecule has 0 unspecified atom stereocenters. The Balaban J connectivity index is 1.44. The van der Waals surface area contributed by atoms with Crippen LogP contribution >= 0.6 is 0 Å². The Kier molecular flexibility index (Phi) is 4.15. The van der Waals surface area contributed by atoms with E-state index in [2.05, 4.69) is 20.1 Å². The minimum atomic E-state index is -0.225. The number of anilines is 1. The van der Waals surface area contributed by atoms with Crippen molar-refractivity contribution in [1.82, 2.24) is 19.9 Å². The number of piperazine rings is 1. The zero-order valence-corrected chi connectivity index (χ0v) is 13.7. The number of hydrogen-bond acceptors (Lipinski definition) is 5. The third-order valence-electron chi connectivity index (χ3n) is 4.53. The van der Waals surface area contributed by atoms with E-state index in [9.17, 15) is 9.18 Å². The lowest BCUT2D eigenvalue weighted by molar-refractivity contribution is 0.189. The monoisotopic (exact) mass is 339 g/mol. The van der Waals surface area contributed by atoms with Gasteiger partial charge >= 0.3 is 0 Å². The fraction of sp³-hybridized carbons (Fsp3) is 0.278. The van der Waals surface area contributed by atoms with Crippen molar-refractivity contribution in [3.63, 3.8) is 0 Å². The maximum atomic E-state index is 13.0. The SMILES string of the molecule is O=c1c2ccccc2nnn1CN1CCN(c2ccc(F)cc2)CC1. The second-order valence-corrected chi connectivity index (χ2v) is 6.13. The van der Waals surface area contributed by atoms with Gasteiger partial charge in [-0.1, -0.05) is 17.3 Å². The van der Waals surface area contributed by atoms with Gasteiger partial charge in [-0.2, -0.15) is 4.68 Å². The summed E-state index contributed by atoms with van der Waals surface area (Å²) in [7, 11) is 0. The highest BCUT2D eigenvalue weighted by atomic mass is 19.1. The van der Waals surface area contributed by atoms with Crippen LogP contribution in [0.2, 0.25) is 0 Å². The van der Waals surface area contributed by atoms with Gasteiger partial charge in [0.2, 0.25) is 0 Å². The Morgan fingerprint density at radius 1 is 0.960 bits per heavy atom. The summed E-state index contributed by atoms with van der Waals surface area (Å²) in [4.78, 5) is 16.9. The first kappa shape index (κ1) is 15.7. The smallest absolute Gasteiger partial charge is 0.278 e. The lowest BCUT2D eigenvalue weighted by atomic mass is 10.2. The highest BCUT2D eigenvalue weighted by Crippen LogP contribution is 2.17. The first-order valence-corrected chi connectivity index (χ1v) is 8.26. The van der Waals surface area contributed by atoms with Crippen LogP contribution in [0.3, 0.4) is 0 Å². The number of halogens is 1. The molecule has 2 aromatic carbocycles. The van der Waals surface area contributed by atoms with E-state index in [1.54, 1.807) is 24.3 Å². The van der Waals surface area contributed by atoms with E-state index < -0.39 is 0 Å². The third-order valence-corrected chi connectivity index (χ3v) is 4.53. The molecule has 2 heterocycles. The van der Waals surface area contributed by atoms with Crippen LogP contribution in [0.15, 0.2) is 53.3 Å². The summed E-state index contributed by atoms with van der Waals surface area (Å²) in [6.45, 7) is 3.67. The molecule has 0 radical (unpaired) electrons. The van der Waals surface area contributed by atoms with Crippen molar-refractivity contribution in [1.29, 1.82) is 0 Å². The molecule has 1 fully saturated rings. The van der Waals surface area contributed by atoms with Crippen LogP contribution < -0.4 is 10.5 Å². The Bertz CT molecular complexity index is 932. The van der Waals surface area contributed by atoms with E-state index in [1.807, 2.05) is 12.1 Å². The van der Waals surface area contributed by atoms with Gasteiger partial charge < -0.3 is 4.90 Å². The molecule has 0 atom stereocenters. The number of benzene rings is 2. The summed E-state index contributed by atoms with van der Waals surface area (Å²) in [5, 5.41) is 8.75. The molecule has 0 saturated carbocycles. The number of hydrogen-bond donors (Lipinski definition) is 0. The standard InChI is InChI=1S/C18H18FN5O/c19-14-5-7-15(8-6-14)23-11-9-22(10-12-23)13-24-18(25)16-3-1-2-4-17(16)20-21-24/h1-8H,9-13H2. The van der Waals surface area contributed by atoms with Gasteiger partial charge in [-0.25, -0.2) is 4.39 Å². The molecule has 6 nitrogen and oxygen atoms in total. The molecule has 4 rings (SSSR count). The second kappa shape index (κ2) is 6.60. The van der Waals surface area contributed by atoms with Crippen molar-refractivity contribution < 1.29 is 4.39 Å². The number of rotatable bonds is 3. The molecule has 1 aliphatic rings. The fourth-order valence-corrected chi connectivity index (χ4v) is 3.10. The maximum Gasteiger partial charge on any atom is 0.278 e. The maximum absolute atomic E-state index is 13.0. The Morgan fingerprint density at radius 3 is 2.44 bits per heavy atom. The van der Waals surface area contributed by atoms with E-state index in [0.29, 0.717) is 17.6 Å². The summed E-state index contributed by atoms with van der Waals surface area (Å²) < 4.78 is 14.4. The lowest BCUT2D eigenvalue weighted by Crippen LogP contribution is -2.48. The second-order valence-electron chi connectivity index (χ2n) is 6.13. The molecule has 0 N–H and O–H groups in total. The zero-order valence-electron chi connectivity index (χ0n) is 13.7. The van der Waals surface area contributed by atoms with Crippen LogP contribution in [0.25, 0.3) is 10.9 Å². The molecule has 1 aromatic heterocycles. The van der Waals surface area contributed by atoms with Crippen molar-refractivity contribution in [2.24, 2.45) is 0 Å². The van der Waals surface area contributed by atoms with Gasteiger partial charge in [0.05, 0.1) is 12.1 Å². The van der Waals surface area contributed by atoms with Gasteiger partial charge in [-0.15, -0.1) is 5.10 Å². The molecule has 25 heavy (non-hydrogen) atoms. The predicted octanol–water partition coefficient (Wildman–Crippen LogP) is 1.71. The summed E-state index contributed by atoms with van der Waals surface area (Å²) in [6, 6.07) is 13.8. The normalized spacial score (nSPS) is 15.6. The predicted molar refractivity (Wildman–Crippen MR) is 94.0 cm³/mol. The molecule has 0 spiro atoms. The van der Waals surface area contributed by atoms with Crippen molar-refractivity contribution in [3.8, 4) is 0 Å². The topological polar surface area (TPSA) is 54.3 Å². The van der Waals surface area contributed by atoms with E-state index in [1.165, 1.54) is 16.8 Å². The van der Waals surface area contributed by atoms with E-state index in [0.717, 1.165) is 31.9 Å². The quantitative estimate of drug-likeness (QED) is 0.727. The van der Waals surface area contributed by atoms with Crippen molar-refractivity contribution in [2.75, 3.05) is 31.1 Å². The van der Waals surface area contributed by atoms with Crippen LogP contribution in [-0.4, -0.2) is 46.1 Å². The minimum Gasteiger partial charge on any atom is -0.369 e. The highest BCUT2D eigenvalue weighted by molar-refractivity contribution is 5.76. The van der Waals surface area contributed by atoms with Gasteiger partial charge in [-0.05, 0) is 36.4 Å². The molecule has 0 bridgehead atoms. The number of aromatic nitrogens is 3. The van der Waals surface area contributed by atoms with Crippen LogP contribution in [0.1, 0.15) is 0 Å². The van der Waals surface area contributed by atoms with Crippen LogP contribution in [0.4, 0.5) is 10.1 Å². The Labute approximate surface area is 144 Å². The Morgan fingerprint density at radius 2 is 1.68 bits per heavy atom. The molecule has 1 aliphatic heterocycles. The molecular formula is C18H18FN5O. The molecular weight excluding hydrogens is 321 g/mol. The van der Waals surface area contributed by atoms with Crippen LogP contribution in [0.5, 0.6) is 0 Å². The molecule has 1 saturated heterocycles. The van der Waals surface area contributed by atoms with Crippen LogP contribution in [0, 0.1) is 5.82 Å². The number of fused-ring (bicyclic) bond motifs is 1. The van der Waals surface area contributed by atoms with Crippen LogP contribution in [-0.2, 0) is 6.67 Å². The molecule has 7 heteroatoms. The van der Waals surface area contributed by atoms with Gasteiger partial charge in [0.25, 0.3) is 5.56 Å². The van der Waals surface area contributed by atoms with E-state index >= 15 is 0 Å². The fourth-order valence-electron chi connectivity index (χ4n) is 3.10. The average Bonchev–Trinajstić information content (AvgIpc) is 2.66. The first-order chi connectivity index (χ1) is 12.2. The molecule has 0 amide bonds. The Hall–Kier alpha value is -2.80. The first-order valence-electron chi connectivity index (χ1n) is 8.26. The third kappa shape index (κ3) is 3.23. The summed E-state index contributed by atoms with van der Waals surface area (Å²) in [5.74, 6) is -0.225.